The van der Waals surface area contributed by atoms with E-state index in [0.29, 0.717) is 5.56 Å². The normalized spacial score (nSPS) is 23.0. The summed E-state index contributed by atoms with van der Waals surface area (Å²) in [7, 11) is 1.67. The number of hydrogen-bond acceptors (Lipinski definition) is 5. The Morgan fingerprint density at radius 2 is 1.86 bits per heavy atom. The molecule has 6 nitrogen and oxygen atoms in total. The van der Waals surface area contributed by atoms with Crippen LogP contribution in [0, 0.1) is 11.6 Å². The van der Waals surface area contributed by atoms with Gasteiger partial charge in [-0.2, -0.15) is 0 Å². The summed E-state index contributed by atoms with van der Waals surface area (Å²) in [4.78, 5) is 12.4. The average molecular weight is 397 g/mol. The molecule has 2 aliphatic rings. The van der Waals surface area contributed by atoms with Gasteiger partial charge < -0.3 is 14.8 Å². The summed E-state index contributed by atoms with van der Waals surface area (Å²) in [5, 5.41) is 3.87. The number of carbonyl (C=O) groups excluding carboxylic acids is 1. The zero-order valence-electron chi connectivity index (χ0n) is 14.5. The van der Waals surface area contributed by atoms with E-state index in [-0.39, 0.29) is 24.0 Å². The maximum Gasteiger partial charge on any atom is 0.586 e. The molecule has 1 saturated heterocycles. The van der Waals surface area contributed by atoms with Crippen molar-refractivity contribution in [1.29, 1.82) is 0 Å². The molecule has 2 heterocycles. The SMILES string of the molecule is CN1NC(C(=O)Nc2c(F)cccc2F)CC1c1ccc2c(c1)OC(F)(F)O2. The third kappa shape index (κ3) is 3.36. The maximum atomic E-state index is 13.7. The van der Waals surface area contributed by atoms with E-state index in [0.717, 1.165) is 12.1 Å². The molecule has 1 fully saturated rings. The van der Waals surface area contributed by atoms with Crippen molar-refractivity contribution < 1.29 is 31.8 Å². The van der Waals surface area contributed by atoms with Crippen molar-refractivity contribution in [2.75, 3.05) is 12.4 Å². The summed E-state index contributed by atoms with van der Waals surface area (Å²) in [6, 6.07) is 6.50. The first-order chi connectivity index (χ1) is 13.2. The molecule has 0 saturated carbocycles. The van der Waals surface area contributed by atoms with Gasteiger partial charge in [-0.3, -0.25) is 4.79 Å². The van der Waals surface area contributed by atoms with Gasteiger partial charge in [0, 0.05) is 7.05 Å². The summed E-state index contributed by atoms with van der Waals surface area (Å²) in [6.45, 7) is 0. The molecule has 10 heteroatoms. The van der Waals surface area contributed by atoms with Crippen LogP contribution in [0.15, 0.2) is 36.4 Å². The van der Waals surface area contributed by atoms with Crippen molar-refractivity contribution in [3.05, 3.63) is 53.6 Å². The number of hydrazine groups is 1. The monoisotopic (exact) mass is 397 g/mol. The van der Waals surface area contributed by atoms with Gasteiger partial charge in [-0.1, -0.05) is 12.1 Å². The second-order valence-electron chi connectivity index (χ2n) is 6.50. The van der Waals surface area contributed by atoms with Crippen molar-refractivity contribution in [1.82, 2.24) is 10.4 Å². The number of anilines is 1. The lowest BCUT2D eigenvalue weighted by atomic mass is 10.0. The number of carbonyl (C=O) groups is 1. The number of nitrogens with one attached hydrogen (secondary N) is 2. The second-order valence-corrected chi connectivity index (χ2v) is 6.50. The number of benzene rings is 2. The van der Waals surface area contributed by atoms with Gasteiger partial charge in [-0.05, 0) is 36.2 Å². The Kier molecular flexibility index (Phi) is 4.39. The number of hydrogen-bond donors (Lipinski definition) is 2. The average Bonchev–Trinajstić information content (AvgIpc) is 3.15. The van der Waals surface area contributed by atoms with E-state index in [1.165, 1.54) is 18.2 Å². The Hall–Kier alpha value is -2.85. The summed E-state index contributed by atoms with van der Waals surface area (Å²) in [5.74, 6) is -2.56. The van der Waals surface area contributed by atoms with Crippen LogP contribution in [0.25, 0.3) is 0 Å². The first-order valence-electron chi connectivity index (χ1n) is 8.37. The van der Waals surface area contributed by atoms with Gasteiger partial charge >= 0.3 is 6.29 Å². The van der Waals surface area contributed by atoms with E-state index in [1.54, 1.807) is 18.1 Å². The van der Waals surface area contributed by atoms with Crippen LogP contribution in [0.1, 0.15) is 18.0 Å². The highest BCUT2D eigenvalue weighted by atomic mass is 19.3. The molecule has 1 amide bonds. The number of amides is 1. The lowest BCUT2D eigenvalue weighted by Crippen LogP contribution is -2.40. The van der Waals surface area contributed by atoms with E-state index in [4.69, 9.17) is 0 Å². The molecule has 0 spiro atoms. The number of halogens is 4. The van der Waals surface area contributed by atoms with E-state index < -0.39 is 35.6 Å². The molecule has 0 aromatic heterocycles. The van der Waals surface area contributed by atoms with Crippen LogP contribution in [0.3, 0.4) is 0 Å². The Morgan fingerprint density at radius 1 is 1.18 bits per heavy atom. The fourth-order valence-corrected chi connectivity index (χ4v) is 3.30. The van der Waals surface area contributed by atoms with Crippen molar-refractivity contribution in [3.63, 3.8) is 0 Å². The Bertz CT molecular complexity index is 920. The zero-order chi connectivity index (χ0) is 20.1. The minimum Gasteiger partial charge on any atom is -0.395 e. The molecule has 2 aliphatic heterocycles. The molecule has 0 radical (unpaired) electrons. The molecular weight excluding hydrogens is 382 g/mol. The highest BCUT2D eigenvalue weighted by Crippen LogP contribution is 2.43. The lowest BCUT2D eigenvalue weighted by Gasteiger charge is -2.19. The van der Waals surface area contributed by atoms with Crippen LogP contribution in [0.4, 0.5) is 23.2 Å². The maximum absolute atomic E-state index is 13.7. The largest absolute Gasteiger partial charge is 0.586 e. The van der Waals surface area contributed by atoms with E-state index in [2.05, 4.69) is 20.2 Å². The van der Waals surface area contributed by atoms with Crippen LogP contribution < -0.4 is 20.2 Å². The van der Waals surface area contributed by atoms with E-state index >= 15 is 0 Å². The standard InChI is InChI=1S/C18H15F4N3O3/c1-25-13(9-5-6-14-15(7-9)28-18(21,22)27-14)8-12(24-25)17(26)23-16-10(19)3-2-4-11(16)20/h2-7,12-13,24H,8H2,1H3,(H,23,26). The molecule has 2 unspecified atom stereocenters. The second kappa shape index (κ2) is 6.64. The predicted molar refractivity (Wildman–Crippen MR) is 89.7 cm³/mol. The highest BCUT2D eigenvalue weighted by molar-refractivity contribution is 5.95. The van der Waals surface area contributed by atoms with Gasteiger partial charge in [-0.15, -0.1) is 8.78 Å². The van der Waals surface area contributed by atoms with Gasteiger partial charge in [0.05, 0.1) is 6.04 Å². The third-order valence-electron chi connectivity index (χ3n) is 4.62. The molecule has 28 heavy (non-hydrogen) atoms. The Balaban J connectivity index is 1.49. The molecule has 0 aliphatic carbocycles. The number of fused-ring (bicyclic) bond motifs is 1. The van der Waals surface area contributed by atoms with Crippen molar-refractivity contribution in [3.8, 4) is 11.5 Å². The molecule has 2 aromatic carbocycles. The quantitative estimate of drug-likeness (QED) is 0.780. The third-order valence-corrected chi connectivity index (χ3v) is 4.62. The summed E-state index contributed by atoms with van der Waals surface area (Å²) in [6.07, 6.45) is -3.47. The van der Waals surface area contributed by atoms with Gasteiger partial charge in [0.2, 0.25) is 5.91 Å². The first kappa shape index (κ1) is 18.5. The number of nitrogens with zero attached hydrogens (tertiary/aromatic N) is 1. The van der Waals surface area contributed by atoms with Gasteiger partial charge in [-0.25, -0.2) is 19.2 Å². The van der Waals surface area contributed by atoms with Crippen LogP contribution in [0.2, 0.25) is 0 Å². The van der Waals surface area contributed by atoms with Crippen LogP contribution >= 0.6 is 0 Å². The van der Waals surface area contributed by atoms with Gasteiger partial charge in [0.15, 0.2) is 11.5 Å². The predicted octanol–water partition coefficient (Wildman–Crippen LogP) is 3.17. The van der Waals surface area contributed by atoms with Crippen LogP contribution in [-0.4, -0.2) is 30.3 Å². The molecule has 2 aromatic rings. The molecule has 0 bridgehead atoms. The van der Waals surface area contributed by atoms with Crippen molar-refractivity contribution in [2.45, 2.75) is 24.8 Å². The van der Waals surface area contributed by atoms with Crippen LogP contribution in [-0.2, 0) is 4.79 Å². The number of ether oxygens (including phenoxy) is 2. The van der Waals surface area contributed by atoms with E-state index in [1.807, 2.05) is 0 Å². The number of para-hydroxylation sites is 1. The molecule has 2 N–H and O–H groups in total. The highest BCUT2D eigenvalue weighted by Gasteiger charge is 2.44. The fraction of sp³-hybridized carbons (Fsp3) is 0.278. The summed E-state index contributed by atoms with van der Waals surface area (Å²) < 4.78 is 62.6. The molecule has 148 valence electrons. The number of alkyl halides is 2. The Labute approximate surface area is 157 Å². The smallest absolute Gasteiger partial charge is 0.395 e. The summed E-state index contributed by atoms with van der Waals surface area (Å²) in [5.41, 5.74) is 2.99. The summed E-state index contributed by atoms with van der Waals surface area (Å²) >= 11 is 0. The molecule has 4 rings (SSSR count). The lowest BCUT2D eigenvalue weighted by molar-refractivity contribution is -0.286. The van der Waals surface area contributed by atoms with Crippen molar-refractivity contribution >= 4 is 11.6 Å². The zero-order valence-corrected chi connectivity index (χ0v) is 14.5. The molecule has 2 atom stereocenters. The molecular formula is C18H15F4N3O3. The fourth-order valence-electron chi connectivity index (χ4n) is 3.30. The van der Waals surface area contributed by atoms with Crippen LogP contribution in [0.5, 0.6) is 11.5 Å². The van der Waals surface area contributed by atoms with E-state index in [9.17, 15) is 22.4 Å². The number of rotatable bonds is 3. The van der Waals surface area contributed by atoms with Gasteiger partial charge in [0.25, 0.3) is 0 Å². The van der Waals surface area contributed by atoms with Crippen molar-refractivity contribution in [2.24, 2.45) is 0 Å². The first-order valence-corrected chi connectivity index (χ1v) is 8.37. The van der Waals surface area contributed by atoms with Gasteiger partial charge in [0.1, 0.15) is 23.4 Å². The minimum absolute atomic E-state index is 0.0771. The topological polar surface area (TPSA) is 62.8 Å². The minimum atomic E-state index is -3.72. The Morgan fingerprint density at radius 3 is 2.57 bits per heavy atom.